The molecule has 0 unspecified atom stereocenters. The van der Waals surface area contributed by atoms with Gasteiger partial charge in [0.15, 0.2) is 0 Å². The van der Waals surface area contributed by atoms with Gasteiger partial charge in [-0.15, -0.1) is 0 Å². The highest BCUT2D eigenvalue weighted by molar-refractivity contribution is 7.92. The number of rotatable bonds is 5. The molecule has 3 N–H and O–H groups in total. The zero-order valence-electron chi connectivity index (χ0n) is 16.5. The number of likely N-dealkylation sites (tertiary alicyclic amines) is 1. The molecule has 2 aromatic carbocycles. The standard InChI is InChI=1S/C21H25N3O4S/c1-14-7-8-17(29(27,28)23-19-6-4-3-5-15(19)2)13-18(14)21(26)24-11-9-16(10-12-24)20(22)25/h3-8,13,16,23H,9-12H2,1-2H3,(H2,22,25). The van der Waals surface area contributed by atoms with E-state index in [1.165, 1.54) is 12.1 Å². The van der Waals surface area contributed by atoms with E-state index >= 15 is 0 Å². The summed E-state index contributed by atoms with van der Waals surface area (Å²) in [4.78, 5) is 26.0. The summed E-state index contributed by atoms with van der Waals surface area (Å²) in [7, 11) is -3.84. The van der Waals surface area contributed by atoms with Crippen molar-refractivity contribution in [3.05, 3.63) is 59.2 Å². The van der Waals surface area contributed by atoms with Crippen molar-refractivity contribution in [1.82, 2.24) is 4.90 Å². The number of nitrogens with one attached hydrogen (secondary N) is 1. The van der Waals surface area contributed by atoms with Crippen LogP contribution in [0.1, 0.15) is 34.3 Å². The second-order valence-corrected chi connectivity index (χ2v) is 9.05. The van der Waals surface area contributed by atoms with Crippen LogP contribution < -0.4 is 10.5 Å². The molecule has 1 aliphatic heterocycles. The second kappa shape index (κ2) is 8.24. The van der Waals surface area contributed by atoms with Gasteiger partial charge >= 0.3 is 0 Å². The lowest BCUT2D eigenvalue weighted by atomic mass is 9.95. The number of sulfonamides is 1. The molecule has 154 valence electrons. The van der Waals surface area contributed by atoms with E-state index < -0.39 is 10.0 Å². The monoisotopic (exact) mass is 415 g/mol. The molecule has 0 spiro atoms. The van der Waals surface area contributed by atoms with E-state index in [0.29, 0.717) is 42.7 Å². The van der Waals surface area contributed by atoms with Gasteiger partial charge in [-0.2, -0.15) is 0 Å². The summed E-state index contributed by atoms with van der Waals surface area (Å²) in [5, 5.41) is 0. The Morgan fingerprint density at radius 1 is 1.03 bits per heavy atom. The van der Waals surface area contributed by atoms with Crippen molar-refractivity contribution in [3.8, 4) is 0 Å². The molecule has 0 saturated carbocycles. The number of primary amides is 1. The lowest BCUT2D eigenvalue weighted by Gasteiger charge is -2.31. The molecule has 1 fully saturated rings. The van der Waals surface area contributed by atoms with E-state index in [1.807, 2.05) is 19.1 Å². The average Bonchev–Trinajstić information content (AvgIpc) is 2.69. The Hall–Kier alpha value is -2.87. The number of carbonyl (C=O) groups is 2. The number of amides is 2. The minimum atomic E-state index is -3.84. The van der Waals surface area contributed by atoms with Crippen LogP contribution in [0.5, 0.6) is 0 Å². The minimum Gasteiger partial charge on any atom is -0.369 e. The van der Waals surface area contributed by atoms with Crippen molar-refractivity contribution < 1.29 is 18.0 Å². The highest BCUT2D eigenvalue weighted by Gasteiger charge is 2.28. The van der Waals surface area contributed by atoms with Gasteiger partial charge in [-0.05, 0) is 56.0 Å². The number of nitrogens with zero attached hydrogens (tertiary/aromatic N) is 1. The van der Waals surface area contributed by atoms with Crippen molar-refractivity contribution >= 4 is 27.5 Å². The van der Waals surface area contributed by atoms with E-state index in [1.54, 1.807) is 30.0 Å². The topological polar surface area (TPSA) is 110 Å². The van der Waals surface area contributed by atoms with Crippen LogP contribution in [0.15, 0.2) is 47.4 Å². The average molecular weight is 416 g/mol. The number of nitrogens with two attached hydrogens (primary N) is 1. The molecule has 0 radical (unpaired) electrons. The Bertz CT molecular complexity index is 1040. The number of para-hydroxylation sites is 1. The van der Waals surface area contributed by atoms with Crippen LogP contribution in [0, 0.1) is 19.8 Å². The van der Waals surface area contributed by atoms with E-state index in [4.69, 9.17) is 5.73 Å². The predicted octanol–water partition coefficient (Wildman–Crippen LogP) is 2.44. The molecule has 0 aromatic heterocycles. The maximum absolute atomic E-state index is 13.0. The molecular formula is C21H25N3O4S. The first-order valence-electron chi connectivity index (χ1n) is 9.47. The van der Waals surface area contributed by atoms with Gasteiger partial charge in [0, 0.05) is 24.6 Å². The summed E-state index contributed by atoms with van der Waals surface area (Å²) in [5.74, 6) is -0.799. The van der Waals surface area contributed by atoms with Crippen molar-refractivity contribution in [2.75, 3.05) is 17.8 Å². The first kappa shape index (κ1) is 20.9. The SMILES string of the molecule is Cc1ccccc1NS(=O)(=O)c1ccc(C)c(C(=O)N2CCC(C(N)=O)CC2)c1. The van der Waals surface area contributed by atoms with Crippen LogP contribution in [0.3, 0.4) is 0 Å². The fraction of sp³-hybridized carbons (Fsp3) is 0.333. The smallest absolute Gasteiger partial charge is 0.261 e. The Morgan fingerprint density at radius 2 is 1.69 bits per heavy atom. The molecule has 8 heteroatoms. The predicted molar refractivity (Wildman–Crippen MR) is 111 cm³/mol. The highest BCUT2D eigenvalue weighted by atomic mass is 32.2. The zero-order chi connectivity index (χ0) is 21.2. The summed E-state index contributed by atoms with van der Waals surface area (Å²) in [6, 6.07) is 11.6. The maximum atomic E-state index is 13.0. The molecule has 1 heterocycles. The van der Waals surface area contributed by atoms with Crippen molar-refractivity contribution in [2.24, 2.45) is 11.7 Å². The first-order chi connectivity index (χ1) is 13.7. The number of anilines is 1. The minimum absolute atomic E-state index is 0.0294. The van der Waals surface area contributed by atoms with Crippen LogP contribution in [0.25, 0.3) is 0 Å². The molecule has 0 atom stereocenters. The van der Waals surface area contributed by atoms with Crippen LogP contribution >= 0.6 is 0 Å². The third-order valence-electron chi connectivity index (χ3n) is 5.32. The molecule has 3 rings (SSSR count). The fourth-order valence-corrected chi connectivity index (χ4v) is 4.58. The Labute approximate surface area is 171 Å². The third kappa shape index (κ3) is 4.59. The molecule has 2 amide bonds. The van der Waals surface area contributed by atoms with Gasteiger partial charge in [-0.3, -0.25) is 14.3 Å². The van der Waals surface area contributed by atoms with Crippen molar-refractivity contribution in [3.63, 3.8) is 0 Å². The zero-order valence-corrected chi connectivity index (χ0v) is 17.3. The first-order valence-corrected chi connectivity index (χ1v) is 10.9. The number of piperidine rings is 1. The number of hydrogen-bond donors (Lipinski definition) is 2. The molecule has 7 nitrogen and oxygen atoms in total. The number of hydrogen-bond acceptors (Lipinski definition) is 4. The molecule has 1 saturated heterocycles. The Morgan fingerprint density at radius 3 is 2.31 bits per heavy atom. The van der Waals surface area contributed by atoms with Gasteiger partial charge < -0.3 is 10.6 Å². The van der Waals surface area contributed by atoms with Gasteiger partial charge in [-0.25, -0.2) is 8.42 Å². The maximum Gasteiger partial charge on any atom is 0.261 e. The highest BCUT2D eigenvalue weighted by Crippen LogP contribution is 2.24. The largest absolute Gasteiger partial charge is 0.369 e. The lowest BCUT2D eigenvalue weighted by molar-refractivity contribution is -0.123. The fourth-order valence-electron chi connectivity index (χ4n) is 3.43. The van der Waals surface area contributed by atoms with Crippen LogP contribution in [0.4, 0.5) is 5.69 Å². The summed E-state index contributed by atoms with van der Waals surface area (Å²) in [5.41, 5.74) is 7.69. The van der Waals surface area contributed by atoms with Crippen molar-refractivity contribution in [1.29, 1.82) is 0 Å². The van der Waals surface area contributed by atoms with Crippen LogP contribution in [0.2, 0.25) is 0 Å². The molecule has 29 heavy (non-hydrogen) atoms. The van der Waals surface area contributed by atoms with Gasteiger partial charge in [0.2, 0.25) is 5.91 Å². The van der Waals surface area contributed by atoms with Crippen LogP contribution in [-0.4, -0.2) is 38.2 Å². The lowest BCUT2D eigenvalue weighted by Crippen LogP contribution is -2.42. The number of carbonyl (C=O) groups excluding carboxylic acids is 2. The third-order valence-corrected chi connectivity index (χ3v) is 6.69. The summed E-state index contributed by atoms with van der Waals surface area (Å²) >= 11 is 0. The van der Waals surface area contributed by atoms with Gasteiger partial charge in [0.25, 0.3) is 15.9 Å². The van der Waals surface area contributed by atoms with E-state index in [2.05, 4.69) is 4.72 Å². The normalized spacial score (nSPS) is 15.2. The summed E-state index contributed by atoms with van der Waals surface area (Å²) < 4.78 is 28.3. The van der Waals surface area contributed by atoms with E-state index in [0.717, 1.165) is 5.56 Å². The Kier molecular flexibility index (Phi) is 5.93. The molecule has 0 aliphatic carbocycles. The quantitative estimate of drug-likeness (QED) is 0.781. The van der Waals surface area contributed by atoms with Crippen molar-refractivity contribution in [2.45, 2.75) is 31.6 Å². The molecular weight excluding hydrogens is 390 g/mol. The summed E-state index contributed by atoms with van der Waals surface area (Å²) in [6.07, 6.45) is 1.04. The molecule has 1 aliphatic rings. The molecule has 0 bridgehead atoms. The van der Waals surface area contributed by atoms with E-state index in [9.17, 15) is 18.0 Å². The number of aryl methyl sites for hydroxylation is 2. The summed E-state index contributed by atoms with van der Waals surface area (Å²) in [6.45, 7) is 4.43. The van der Waals surface area contributed by atoms with Gasteiger partial charge in [-0.1, -0.05) is 24.3 Å². The molecule has 2 aromatic rings. The van der Waals surface area contributed by atoms with Gasteiger partial charge in [0.05, 0.1) is 10.6 Å². The second-order valence-electron chi connectivity index (χ2n) is 7.37. The van der Waals surface area contributed by atoms with Crippen LogP contribution in [-0.2, 0) is 14.8 Å². The number of benzene rings is 2. The Balaban J connectivity index is 1.83. The van der Waals surface area contributed by atoms with E-state index in [-0.39, 0.29) is 22.6 Å². The van der Waals surface area contributed by atoms with Gasteiger partial charge in [0.1, 0.15) is 0 Å².